The third-order valence-electron chi connectivity index (χ3n) is 1.79. The molecule has 74 valence electrons. The maximum Gasteiger partial charge on any atom is 0.253 e. The third kappa shape index (κ3) is 2.32. The van der Waals surface area contributed by atoms with Gasteiger partial charge in [0, 0.05) is 19.7 Å². The van der Waals surface area contributed by atoms with Gasteiger partial charge in [-0.15, -0.1) is 0 Å². The zero-order valence-electron chi connectivity index (χ0n) is 8.27. The minimum absolute atomic E-state index is 0.0127. The van der Waals surface area contributed by atoms with Crippen molar-refractivity contribution >= 4 is 12.1 Å². The first kappa shape index (κ1) is 10.2. The molecule has 0 saturated heterocycles. The van der Waals surface area contributed by atoms with Crippen LogP contribution in [0.25, 0.3) is 0 Å². The van der Waals surface area contributed by atoms with Crippen LogP contribution < -0.4 is 5.84 Å². The SMILES string of the molecule is CN(C)C(=O)c1ccc(C=NN)cc1. The molecule has 0 aliphatic carbocycles. The number of rotatable bonds is 2. The molecule has 0 atom stereocenters. The molecule has 14 heavy (non-hydrogen) atoms. The van der Waals surface area contributed by atoms with Crippen molar-refractivity contribution in [1.29, 1.82) is 0 Å². The Balaban J connectivity index is 2.88. The minimum atomic E-state index is -0.0127. The molecule has 0 spiro atoms. The van der Waals surface area contributed by atoms with Gasteiger partial charge in [0.05, 0.1) is 6.21 Å². The van der Waals surface area contributed by atoms with Gasteiger partial charge in [-0.05, 0) is 17.7 Å². The lowest BCUT2D eigenvalue weighted by molar-refractivity contribution is 0.0827. The lowest BCUT2D eigenvalue weighted by Crippen LogP contribution is -2.21. The normalized spacial score (nSPS) is 10.4. The second-order valence-corrected chi connectivity index (χ2v) is 3.10. The summed E-state index contributed by atoms with van der Waals surface area (Å²) >= 11 is 0. The van der Waals surface area contributed by atoms with Crippen LogP contribution >= 0.6 is 0 Å². The Hall–Kier alpha value is -1.84. The molecule has 4 nitrogen and oxygen atoms in total. The maximum atomic E-state index is 11.5. The predicted octanol–water partition coefficient (Wildman–Crippen LogP) is 0.681. The fraction of sp³-hybridized carbons (Fsp3) is 0.200. The van der Waals surface area contributed by atoms with Crippen LogP contribution in [0.15, 0.2) is 29.4 Å². The summed E-state index contributed by atoms with van der Waals surface area (Å²) in [7, 11) is 3.44. The van der Waals surface area contributed by atoms with Gasteiger partial charge in [-0.25, -0.2) is 0 Å². The van der Waals surface area contributed by atoms with Crippen LogP contribution in [0.4, 0.5) is 0 Å². The summed E-state index contributed by atoms with van der Waals surface area (Å²) in [5, 5.41) is 3.40. The van der Waals surface area contributed by atoms with E-state index in [0.29, 0.717) is 5.56 Å². The molecule has 0 aromatic heterocycles. The van der Waals surface area contributed by atoms with Crippen LogP contribution in [0.5, 0.6) is 0 Å². The van der Waals surface area contributed by atoms with Gasteiger partial charge < -0.3 is 10.7 Å². The summed E-state index contributed by atoms with van der Waals surface area (Å²) in [4.78, 5) is 13.0. The van der Waals surface area contributed by atoms with Crippen molar-refractivity contribution in [2.24, 2.45) is 10.9 Å². The van der Waals surface area contributed by atoms with Crippen molar-refractivity contribution < 1.29 is 4.79 Å². The zero-order chi connectivity index (χ0) is 10.6. The Morgan fingerprint density at radius 2 is 1.93 bits per heavy atom. The van der Waals surface area contributed by atoms with Crippen LogP contribution in [-0.4, -0.2) is 31.1 Å². The van der Waals surface area contributed by atoms with Gasteiger partial charge in [0.2, 0.25) is 0 Å². The van der Waals surface area contributed by atoms with E-state index in [1.807, 2.05) is 0 Å². The third-order valence-corrected chi connectivity index (χ3v) is 1.79. The Kier molecular flexibility index (Phi) is 3.23. The number of nitrogens with two attached hydrogens (primary N) is 1. The van der Waals surface area contributed by atoms with Crippen molar-refractivity contribution in [2.45, 2.75) is 0 Å². The Morgan fingerprint density at radius 1 is 1.36 bits per heavy atom. The molecule has 0 heterocycles. The van der Waals surface area contributed by atoms with Gasteiger partial charge in [0.15, 0.2) is 0 Å². The lowest BCUT2D eigenvalue weighted by atomic mass is 10.1. The molecule has 1 rings (SSSR count). The second-order valence-electron chi connectivity index (χ2n) is 3.10. The van der Waals surface area contributed by atoms with Crippen LogP contribution in [0.2, 0.25) is 0 Å². The highest BCUT2D eigenvalue weighted by Crippen LogP contribution is 2.04. The number of hydrazone groups is 1. The molecule has 1 amide bonds. The molecule has 1 aromatic carbocycles. The van der Waals surface area contributed by atoms with E-state index in [4.69, 9.17) is 5.84 Å². The van der Waals surface area contributed by atoms with Crippen molar-refractivity contribution in [2.75, 3.05) is 14.1 Å². The fourth-order valence-corrected chi connectivity index (χ4v) is 1.06. The second kappa shape index (κ2) is 4.41. The summed E-state index contributed by atoms with van der Waals surface area (Å²) in [6.07, 6.45) is 1.53. The quantitative estimate of drug-likeness (QED) is 0.424. The minimum Gasteiger partial charge on any atom is -0.345 e. The Morgan fingerprint density at radius 3 is 2.36 bits per heavy atom. The molecular weight excluding hydrogens is 178 g/mol. The number of hydrogen-bond donors (Lipinski definition) is 1. The van der Waals surface area contributed by atoms with E-state index in [-0.39, 0.29) is 5.91 Å². The number of carbonyl (C=O) groups excluding carboxylic acids is 1. The fourth-order valence-electron chi connectivity index (χ4n) is 1.06. The highest BCUT2D eigenvalue weighted by Gasteiger charge is 2.06. The zero-order valence-corrected chi connectivity index (χ0v) is 8.27. The molecule has 0 aliphatic heterocycles. The highest BCUT2D eigenvalue weighted by molar-refractivity contribution is 5.94. The predicted molar refractivity (Wildman–Crippen MR) is 56.2 cm³/mol. The first-order valence-corrected chi connectivity index (χ1v) is 4.20. The van der Waals surface area contributed by atoms with E-state index in [1.54, 1.807) is 38.4 Å². The standard InChI is InChI=1S/C10H13N3O/c1-13(2)10(14)9-5-3-8(4-6-9)7-12-11/h3-7H,11H2,1-2H3. The average molecular weight is 191 g/mol. The lowest BCUT2D eigenvalue weighted by Gasteiger charge is -2.09. The van der Waals surface area contributed by atoms with Crippen molar-refractivity contribution in [1.82, 2.24) is 4.90 Å². The Labute approximate surface area is 83.0 Å². The molecule has 0 unspecified atom stereocenters. The van der Waals surface area contributed by atoms with Gasteiger partial charge >= 0.3 is 0 Å². The van der Waals surface area contributed by atoms with Gasteiger partial charge in [-0.3, -0.25) is 4.79 Å². The number of benzene rings is 1. The molecule has 0 bridgehead atoms. The summed E-state index contributed by atoms with van der Waals surface area (Å²) in [5.41, 5.74) is 1.53. The first-order chi connectivity index (χ1) is 6.65. The van der Waals surface area contributed by atoms with Crippen LogP contribution in [0.1, 0.15) is 15.9 Å². The largest absolute Gasteiger partial charge is 0.345 e. The Bertz CT molecular complexity index is 341. The molecular formula is C10H13N3O. The molecule has 0 saturated carbocycles. The molecule has 1 aromatic rings. The van der Waals surface area contributed by atoms with Crippen molar-refractivity contribution in [3.8, 4) is 0 Å². The van der Waals surface area contributed by atoms with E-state index in [1.165, 1.54) is 11.1 Å². The van der Waals surface area contributed by atoms with Crippen LogP contribution in [0, 0.1) is 0 Å². The van der Waals surface area contributed by atoms with Gasteiger partial charge in [0.1, 0.15) is 0 Å². The first-order valence-electron chi connectivity index (χ1n) is 4.20. The number of amides is 1. The molecule has 2 N–H and O–H groups in total. The molecule has 0 fully saturated rings. The maximum absolute atomic E-state index is 11.5. The summed E-state index contributed by atoms with van der Waals surface area (Å²) in [5.74, 6) is 4.99. The van der Waals surface area contributed by atoms with E-state index in [0.717, 1.165) is 5.56 Å². The van der Waals surface area contributed by atoms with E-state index in [2.05, 4.69) is 5.10 Å². The van der Waals surface area contributed by atoms with Crippen LogP contribution in [-0.2, 0) is 0 Å². The van der Waals surface area contributed by atoms with Gasteiger partial charge in [-0.2, -0.15) is 5.10 Å². The number of carbonyl (C=O) groups is 1. The topological polar surface area (TPSA) is 58.7 Å². The highest BCUT2D eigenvalue weighted by atomic mass is 16.2. The summed E-state index contributed by atoms with van der Waals surface area (Å²) in [6, 6.07) is 7.10. The summed E-state index contributed by atoms with van der Waals surface area (Å²) in [6.45, 7) is 0. The van der Waals surface area contributed by atoms with Crippen molar-refractivity contribution in [3.63, 3.8) is 0 Å². The monoisotopic (exact) mass is 191 g/mol. The molecule has 0 aliphatic rings. The van der Waals surface area contributed by atoms with Crippen LogP contribution in [0.3, 0.4) is 0 Å². The molecule has 0 radical (unpaired) electrons. The summed E-state index contributed by atoms with van der Waals surface area (Å²) < 4.78 is 0. The smallest absolute Gasteiger partial charge is 0.253 e. The number of nitrogens with zero attached hydrogens (tertiary/aromatic N) is 2. The van der Waals surface area contributed by atoms with E-state index >= 15 is 0 Å². The number of hydrogen-bond acceptors (Lipinski definition) is 3. The van der Waals surface area contributed by atoms with Gasteiger partial charge in [0.25, 0.3) is 5.91 Å². The average Bonchev–Trinajstić information content (AvgIpc) is 2.18. The van der Waals surface area contributed by atoms with Gasteiger partial charge in [-0.1, -0.05) is 12.1 Å². The van der Waals surface area contributed by atoms with Crippen molar-refractivity contribution in [3.05, 3.63) is 35.4 Å². The molecule has 4 heteroatoms. The van der Waals surface area contributed by atoms with E-state index < -0.39 is 0 Å². The van der Waals surface area contributed by atoms with E-state index in [9.17, 15) is 4.79 Å².